The number of carbonyl (C=O) groups excluding carboxylic acids is 2. The maximum Gasteiger partial charge on any atom is 0.412 e. The Labute approximate surface area is 174 Å². The number of nitrogens with zero attached hydrogens (tertiary/aromatic N) is 1. The summed E-state index contributed by atoms with van der Waals surface area (Å²) in [6.45, 7) is 6.32. The lowest BCUT2D eigenvalue weighted by Gasteiger charge is -2.57. The van der Waals surface area contributed by atoms with Gasteiger partial charge in [0.2, 0.25) is 0 Å². The van der Waals surface area contributed by atoms with Gasteiger partial charge in [0, 0.05) is 24.8 Å². The lowest BCUT2D eigenvalue weighted by atomic mass is 9.49. The van der Waals surface area contributed by atoms with Gasteiger partial charge in [0.25, 0.3) is 5.91 Å². The fourth-order valence-corrected chi connectivity index (χ4v) is 6.43. The van der Waals surface area contributed by atoms with Crippen molar-refractivity contribution in [2.75, 3.05) is 18.9 Å². The summed E-state index contributed by atoms with van der Waals surface area (Å²) in [6, 6.07) is 7.14. The molecule has 5 heteroatoms. The van der Waals surface area contributed by atoms with Crippen LogP contribution in [0.4, 0.5) is 10.5 Å². The predicted molar refractivity (Wildman–Crippen MR) is 114 cm³/mol. The number of hydrogen-bond acceptors (Lipinski definition) is 3. The normalized spacial score (nSPS) is 30.1. The van der Waals surface area contributed by atoms with Gasteiger partial charge in [0.05, 0.1) is 0 Å². The number of ether oxygens (including phenoxy) is 1. The van der Waals surface area contributed by atoms with Gasteiger partial charge >= 0.3 is 6.09 Å². The van der Waals surface area contributed by atoms with Crippen LogP contribution in [0.1, 0.15) is 69.7 Å². The van der Waals surface area contributed by atoms with Gasteiger partial charge in [-0.25, -0.2) is 4.79 Å². The summed E-state index contributed by atoms with van der Waals surface area (Å²) in [6.07, 6.45) is 7.59. The molecule has 4 aliphatic carbocycles. The number of anilines is 1. The highest BCUT2D eigenvalue weighted by molar-refractivity contribution is 5.96. The van der Waals surface area contributed by atoms with Crippen LogP contribution in [0.2, 0.25) is 0 Å². The number of amides is 2. The number of hydrogen-bond donors (Lipinski definition) is 1. The van der Waals surface area contributed by atoms with Crippen LogP contribution in [0.3, 0.4) is 0 Å². The summed E-state index contributed by atoms with van der Waals surface area (Å²) in [5, 5.41) is 2.73. The van der Waals surface area contributed by atoms with Crippen LogP contribution in [-0.2, 0) is 4.74 Å². The Kier molecular flexibility index (Phi) is 5.12. The lowest BCUT2D eigenvalue weighted by molar-refractivity contribution is -0.0629. The number of benzene rings is 1. The van der Waals surface area contributed by atoms with Gasteiger partial charge in [0.15, 0.2) is 0 Å². The Morgan fingerprint density at radius 3 is 2.24 bits per heavy atom. The molecular weight excluding hydrogens is 364 g/mol. The van der Waals surface area contributed by atoms with E-state index in [1.807, 2.05) is 38.8 Å². The van der Waals surface area contributed by atoms with E-state index in [2.05, 4.69) is 5.32 Å². The van der Waals surface area contributed by atoms with Crippen LogP contribution >= 0.6 is 0 Å². The van der Waals surface area contributed by atoms with Crippen LogP contribution < -0.4 is 5.32 Å². The van der Waals surface area contributed by atoms with Crippen molar-refractivity contribution < 1.29 is 14.3 Å². The molecule has 5 nitrogen and oxygen atoms in total. The third kappa shape index (κ3) is 4.59. The lowest BCUT2D eigenvalue weighted by Crippen LogP contribution is -2.51. The molecule has 4 bridgehead atoms. The smallest absolute Gasteiger partial charge is 0.412 e. The third-order valence-electron chi connectivity index (χ3n) is 6.84. The monoisotopic (exact) mass is 398 g/mol. The van der Waals surface area contributed by atoms with Crippen molar-refractivity contribution in [2.45, 2.75) is 64.9 Å². The molecule has 4 saturated carbocycles. The van der Waals surface area contributed by atoms with Crippen molar-refractivity contribution >= 4 is 17.7 Å². The van der Waals surface area contributed by atoms with E-state index in [0.29, 0.717) is 16.7 Å². The molecule has 158 valence electrons. The highest BCUT2D eigenvalue weighted by atomic mass is 16.6. The number of nitrogens with one attached hydrogen (secondary N) is 1. The van der Waals surface area contributed by atoms with Crippen LogP contribution in [0.25, 0.3) is 0 Å². The van der Waals surface area contributed by atoms with Gasteiger partial charge < -0.3 is 9.64 Å². The van der Waals surface area contributed by atoms with E-state index < -0.39 is 11.7 Å². The molecule has 29 heavy (non-hydrogen) atoms. The molecule has 0 unspecified atom stereocenters. The molecule has 0 saturated heterocycles. The SMILES string of the molecule is CN(CC12CC3CC(CC(C3)C1)C2)C(=O)c1cccc(NC(=O)OC(C)(C)C)c1. The van der Waals surface area contributed by atoms with Crippen LogP contribution in [-0.4, -0.2) is 36.1 Å². The minimum Gasteiger partial charge on any atom is -0.444 e. The predicted octanol–water partition coefficient (Wildman–Crippen LogP) is 5.32. The molecule has 1 aromatic carbocycles. The standard InChI is InChI=1S/C24H34N2O3/c1-23(2,3)29-22(28)25-20-7-5-6-19(11-20)21(27)26(4)15-24-12-16-8-17(13-24)10-18(9-16)14-24/h5-7,11,16-18H,8-10,12-15H2,1-4H3,(H,25,28). The van der Waals surface area contributed by atoms with E-state index in [4.69, 9.17) is 4.74 Å². The van der Waals surface area contributed by atoms with E-state index in [1.165, 1.54) is 38.5 Å². The fourth-order valence-electron chi connectivity index (χ4n) is 6.43. The van der Waals surface area contributed by atoms with Crippen molar-refractivity contribution in [1.82, 2.24) is 4.90 Å². The van der Waals surface area contributed by atoms with Crippen molar-refractivity contribution in [3.05, 3.63) is 29.8 Å². The molecule has 1 aromatic rings. The second kappa shape index (κ2) is 7.33. The second-order valence-corrected chi connectivity index (χ2v) is 10.8. The van der Waals surface area contributed by atoms with E-state index >= 15 is 0 Å². The quantitative estimate of drug-likeness (QED) is 0.746. The van der Waals surface area contributed by atoms with Gasteiger partial charge in [0.1, 0.15) is 5.60 Å². The Bertz CT molecular complexity index is 760. The minimum absolute atomic E-state index is 0.0218. The van der Waals surface area contributed by atoms with Crippen molar-refractivity contribution in [2.24, 2.45) is 23.2 Å². The molecule has 1 N–H and O–H groups in total. The maximum atomic E-state index is 13.1. The molecule has 0 heterocycles. The number of carbonyl (C=O) groups is 2. The van der Waals surface area contributed by atoms with Crippen molar-refractivity contribution in [1.29, 1.82) is 0 Å². The topological polar surface area (TPSA) is 58.6 Å². The average molecular weight is 399 g/mol. The molecule has 5 rings (SSSR count). The molecule has 0 aliphatic heterocycles. The highest BCUT2D eigenvalue weighted by Crippen LogP contribution is 2.60. The molecule has 0 spiro atoms. The van der Waals surface area contributed by atoms with E-state index in [9.17, 15) is 9.59 Å². The van der Waals surface area contributed by atoms with Crippen molar-refractivity contribution in [3.63, 3.8) is 0 Å². The average Bonchev–Trinajstić information content (AvgIpc) is 2.58. The summed E-state index contributed by atoms with van der Waals surface area (Å²) in [4.78, 5) is 27.1. The number of rotatable bonds is 4. The summed E-state index contributed by atoms with van der Waals surface area (Å²) >= 11 is 0. The van der Waals surface area contributed by atoms with Gasteiger partial charge in [-0.1, -0.05) is 6.07 Å². The van der Waals surface area contributed by atoms with Crippen LogP contribution in [0.5, 0.6) is 0 Å². The summed E-state index contributed by atoms with van der Waals surface area (Å²) in [5.41, 5.74) is 0.945. The zero-order chi connectivity index (χ0) is 20.8. The Balaban J connectivity index is 1.41. The third-order valence-corrected chi connectivity index (χ3v) is 6.84. The molecule has 0 aromatic heterocycles. The first-order valence-corrected chi connectivity index (χ1v) is 11.0. The molecular formula is C24H34N2O3. The van der Waals surface area contributed by atoms with Gasteiger partial charge in [-0.05, 0) is 101 Å². The Morgan fingerprint density at radius 1 is 1.10 bits per heavy atom. The molecule has 0 atom stereocenters. The molecule has 2 amide bonds. The first-order chi connectivity index (χ1) is 13.6. The first-order valence-electron chi connectivity index (χ1n) is 11.0. The Hall–Kier alpha value is -2.04. The first kappa shape index (κ1) is 20.2. The molecule has 0 radical (unpaired) electrons. The second-order valence-electron chi connectivity index (χ2n) is 10.8. The zero-order valence-corrected chi connectivity index (χ0v) is 18.2. The van der Waals surface area contributed by atoms with Crippen LogP contribution in [0.15, 0.2) is 24.3 Å². The van der Waals surface area contributed by atoms with Gasteiger partial charge in [-0.15, -0.1) is 0 Å². The highest BCUT2D eigenvalue weighted by Gasteiger charge is 2.51. The van der Waals surface area contributed by atoms with Gasteiger partial charge in [-0.3, -0.25) is 10.1 Å². The zero-order valence-electron chi connectivity index (χ0n) is 18.2. The summed E-state index contributed by atoms with van der Waals surface area (Å²) < 4.78 is 5.30. The van der Waals surface area contributed by atoms with E-state index in [0.717, 1.165) is 24.3 Å². The molecule has 4 aliphatic rings. The molecule has 4 fully saturated rings. The van der Waals surface area contributed by atoms with E-state index in [1.54, 1.807) is 18.2 Å². The van der Waals surface area contributed by atoms with Gasteiger partial charge in [-0.2, -0.15) is 0 Å². The minimum atomic E-state index is -0.560. The van der Waals surface area contributed by atoms with E-state index in [-0.39, 0.29) is 5.91 Å². The fraction of sp³-hybridized carbons (Fsp3) is 0.667. The summed E-state index contributed by atoms with van der Waals surface area (Å²) in [5.74, 6) is 2.66. The Morgan fingerprint density at radius 2 is 1.69 bits per heavy atom. The van der Waals surface area contributed by atoms with Crippen molar-refractivity contribution in [3.8, 4) is 0 Å². The largest absolute Gasteiger partial charge is 0.444 e. The van der Waals surface area contributed by atoms with Crippen LogP contribution in [0, 0.1) is 23.2 Å². The maximum absolute atomic E-state index is 13.1. The summed E-state index contributed by atoms with van der Waals surface area (Å²) in [7, 11) is 1.93.